The minimum Gasteiger partial charge on any atom is -0.379 e. The van der Waals surface area contributed by atoms with Crippen LogP contribution in [0.4, 0.5) is 5.69 Å². The summed E-state index contributed by atoms with van der Waals surface area (Å²) in [5.74, 6) is -0.356. The molecule has 8 heteroatoms. The number of morpholine rings is 1. The van der Waals surface area contributed by atoms with Crippen LogP contribution < -0.4 is 5.32 Å². The number of nitriles is 1. The number of carbonyl (C=O) groups excluding carboxylic acids is 1. The third-order valence-electron chi connectivity index (χ3n) is 4.00. The lowest BCUT2D eigenvalue weighted by Crippen LogP contribution is -2.40. The molecule has 1 aliphatic heterocycles. The van der Waals surface area contributed by atoms with Crippen LogP contribution in [0.25, 0.3) is 0 Å². The first kappa shape index (κ1) is 18.1. The molecule has 1 aliphatic rings. The third-order valence-corrected chi connectivity index (χ3v) is 5.91. The maximum Gasteiger partial charge on any atom is 0.255 e. The number of nitrogens with one attached hydrogen (secondary N) is 1. The summed E-state index contributed by atoms with van der Waals surface area (Å²) in [7, 11) is -3.58. The van der Waals surface area contributed by atoms with E-state index in [1.807, 2.05) is 6.07 Å². The Morgan fingerprint density at radius 3 is 2.23 bits per heavy atom. The third kappa shape index (κ3) is 3.91. The van der Waals surface area contributed by atoms with E-state index in [4.69, 9.17) is 10.00 Å². The first-order chi connectivity index (χ1) is 12.5. The summed E-state index contributed by atoms with van der Waals surface area (Å²) < 4.78 is 31.7. The van der Waals surface area contributed by atoms with E-state index in [9.17, 15) is 13.2 Å². The molecule has 0 spiro atoms. The van der Waals surface area contributed by atoms with Crippen molar-refractivity contribution in [2.75, 3.05) is 31.6 Å². The molecule has 134 valence electrons. The van der Waals surface area contributed by atoms with Crippen LogP contribution in [0.2, 0.25) is 0 Å². The van der Waals surface area contributed by atoms with Gasteiger partial charge in [0.05, 0.1) is 29.7 Å². The standard InChI is InChI=1S/C18H17N3O4S/c19-13-14-1-5-16(6-2-14)20-18(22)15-3-7-17(8-4-15)26(23,24)21-9-11-25-12-10-21/h1-8H,9-12H2,(H,20,22). The van der Waals surface area contributed by atoms with Crippen LogP contribution in [0.5, 0.6) is 0 Å². The predicted octanol–water partition coefficient (Wildman–Crippen LogP) is 1.83. The molecule has 2 aromatic carbocycles. The van der Waals surface area contributed by atoms with Crippen molar-refractivity contribution < 1.29 is 17.9 Å². The molecule has 3 rings (SSSR count). The number of anilines is 1. The number of sulfonamides is 1. The summed E-state index contributed by atoms with van der Waals surface area (Å²) in [6.07, 6.45) is 0. The van der Waals surface area contributed by atoms with Crippen molar-refractivity contribution >= 4 is 21.6 Å². The van der Waals surface area contributed by atoms with Crippen molar-refractivity contribution in [3.05, 3.63) is 59.7 Å². The van der Waals surface area contributed by atoms with E-state index in [-0.39, 0.29) is 10.8 Å². The molecule has 1 N–H and O–H groups in total. The lowest BCUT2D eigenvalue weighted by molar-refractivity contribution is 0.0730. The van der Waals surface area contributed by atoms with E-state index in [0.29, 0.717) is 43.1 Å². The average molecular weight is 371 g/mol. The highest BCUT2D eigenvalue weighted by Crippen LogP contribution is 2.18. The monoisotopic (exact) mass is 371 g/mol. The average Bonchev–Trinajstić information content (AvgIpc) is 2.69. The molecule has 0 aliphatic carbocycles. The van der Waals surface area contributed by atoms with Crippen molar-refractivity contribution in [1.29, 1.82) is 5.26 Å². The van der Waals surface area contributed by atoms with E-state index in [2.05, 4.69) is 5.32 Å². The van der Waals surface area contributed by atoms with Gasteiger partial charge < -0.3 is 10.1 Å². The largest absolute Gasteiger partial charge is 0.379 e. The minimum absolute atomic E-state index is 0.148. The molecular weight excluding hydrogens is 354 g/mol. The highest BCUT2D eigenvalue weighted by atomic mass is 32.2. The summed E-state index contributed by atoms with van der Waals surface area (Å²) in [6.45, 7) is 1.40. The van der Waals surface area contributed by atoms with Gasteiger partial charge in [-0.1, -0.05) is 0 Å². The summed E-state index contributed by atoms with van der Waals surface area (Å²) in [6, 6.07) is 14.3. The highest BCUT2D eigenvalue weighted by molar-refractivity contribution is 7.89. The molecule has 0 aromatic heterocycles. The number of hydrogen-bond acceptors (Lipinski definition) is 5. The van der Waals surface area contributed by atoms with Gasteiger partial charge in [-0.2, -0.15) is 9.57 Å². The van der Waals surface area contributed by atoms with Crippen LogP contribution in [0.3, 0.4) is 0 Å². The summed E-state index contributed by atoms with van der Waals surface area (Å²) in [5, 5.41) is 11.5. The van der Waals surface area contributed by atoms with Crippen LogP contribution in [-0.2, 0) is 14.8 Å². The molecule has 1 fully saturated rings. The molecule has 0 bridgehead atoms. The van der Waals surface area contributed by atoms with Gasteiger partial charge in [-0.25, -0.2) is 8.42 Å². The number of rotatable bonds is 4. The summed E-state index contributed by atoms with van der Waals surface area (Å²) in [4.78, 5) is 12.4. The molecule has 1 amide bonds. The van der Waals surface area contributed by atoms with Gasteiger partial charge in [0.25, 0.3) is 5.91 Å². The normalized spacial score (nSPS) is 15.2. The van der Waals surface area contributed by atoms with E-state index < -0.39 is 10.0 Å². The Morgan fingerprint density at radius 2 is 1.65 bits per heavy atom. The van der Waals surface area contributed by atoms with Gasteiger partial charge in [0.15, 0.2) is 0 Å². The van der Waals surface area contributed by atoms with Crippen molar-refractivity contribution in [2.45, 2.75) is 4.90 Å². The SMILES string of the molecule is N#Cc1ccc(NC(=O)c2ccc(S(=O)(=O)N3CCOCC3)cc2)cc1. The first-order valence-electron chi connectivity index (χ1n) is 8.00. The number of nitrogens with zero attached hydrogens (tertiary/aromatic N) is 2. The second-order valence-electron chi connectivity index (χ2n) is 5.68. The van der Waals surface area contributed by atoms with Crippen LogP contribution in [0.1, 0.15) is 15.9 Å². The Balaban J connectivity index is 1.72. The molecule has 7 nitrogen and oxygen atoms in total. The Morgan fingerprint density at radius 1 is 1.04 bits per heavy atom. The number of amides is 1. The van der Waals surface area contributed by atoms with E-state index >= 15 is 0 Å². The van der Waals surface area contributed by atoms with Crippen LogP contribution in [-0.4, -0.2) is 44.9 Å². The molecular formula is C18H17N3O4S. The van der Waals surface area contributed by atoms with Gasteiger partial charge in [0, 0.05) is 24.3 Å². The maximum absolute atomic E-state index is 12.6. The van der Waals surface area contributed by atoms with Gasteiger partial charge in [0.1, 0.15) is 0 Å². The van der Waals surface area contributed by atoms with Gasteiger partial charge in [-0.05, 0) is 48.5 Å². The fourth-order valence-corrected chi connectivity index (χ4v) is 3.95. The minimum atomic E-state index is -3.58. The Bertz CT molecular complexity index is 926. The molecule has 26 heavy (non-hydrogen) atoms. The molecule has 0 atom stereocenters. The zero-order valence-corrected chi connectivity index (χ0v) is 14.7. The molecule has 0 saturated carbocycles. The van der Waals surface area contributed by atoms with Crippen LogP contribution >= 0.6 is 0 Å². The van der Waals surface area contributed by atoms with Crippen LogP contribution in [0.15, 0.2) is 53.4 Å². The lowest BCUT2D eigenvalue weighted by Gasteiger charge is -2.26. The number of carbonyl (C=O) groups is 1. The molecule has 0 unspecified atom stereocenters. The van der Waals surface area contributed by atoms with Crippen molar-refractivity contribution in [2.24, 2.45) is 0 Å². The molecule has 0 radical (unpaired) electrons. The van der Waals surface area contributed by atoms with Gasteiger partial charge in [0.2, 0.25) is 10.0 Å². The second kappa shape index (κ2) is 7.66. The molecule has 1 heterocycles. The smallest absolute Gasteiger partial charge is 0.255 e. The topological polar surface area (TPSA) is 99.5 Å². The Kier molecular flexibility index (Phi) is 5.32. The Hall–Kier alpha value is -2.73. The van der Waals surface area contributed by atoms with Gasteiger partial charge >= 0.3 is 0 Å². The van der Waals surface area contributed by atoms with Gasteiger partial charge in [-0.15, -0.1) is 0 Å². The fourth-order valence-electron chi connectivity index (χ4n) is 2.55. The number of ether oxygens (including phenoxy) is 1. The van der Waals surface area contributed by atoms with Crippen molar-refractivity contribution in [1.82, 2.24) is 4.31 Å². The lowest BCUT2D eigenvalue weighted by atomic mass is 10.2. The van der Waals surface area contributed by atoms with Crippen LogP contribution in [0, 0.1) is 11.3 Å². The zero-order valence-electron chi connectivity index (χ0n) is 13.9. The first-order valence-corrected chi connectivity index (χ1v) is 9.44. The maximum atomic E-state index is 12.6. The van der Waals surface area contributed by atoms with Crippen molar-refractivity contribution in [3.63, 3.8) is 0 Å². The number of hydrogen-bond donors (Lipinski definition) is 1. The summed E-state index contributed by atoms with van der Waals surface area (Å²) in [5.41, 5.74) is 1.40. The zero-order chi connectivity index (χ0) is 18.6. The second-order valence-corrected chi connectivity index (χ2v) is 7.62. The number of benzene rings is 2. The van der Waals surface area contributed by atoms with E-state index in [1.165, 1.54) is 28.6 Å². The molecule has 1 saturated heterocycles. The van der Waals surface area contributed by atoms with E-state index in [0.717, 1.165) is 0 Å². The van der Waals surface area contributed by atoms with Crippen molar-refractivity contribution in [3.8, 4) is 6.07 Å². The highest BCUT2D eigenvalue weighted by Gasteiger charge is 2.26. The Labute approximate surface area is 151 Å². The quantitative estimate of drug-likeness (QED) is 0.884. The van der Waals surface area contributed by atoms with E-state index in [1.54, 1.807) is 24.3 Å². The fraction of sp³-hybridized carbons (Fsp3) is 0.222. The summed E-state index contributed by atoms with van der Waals surface area (Å²) >= 11 is 0. The predicted molar refractivity (Wildman–Crippen MR) is 95.1 cm³/mol. The molecule has 2 aromatic rings. The van der Waals surface area contributed by atoms with Gasteiger partial charge in [-0.3, -0.25) is 4.79 Å².